The molecule has 0 saturated heterocycles. The lowest BCUT2D eigenvalue weighted by atomic mass is 10.1. The van der Waals surface area contributed by atoms with E-state index < -0.39 is 12.1 Å². The van der Waals surface area contributed by atoms with Crippen molar-refractivity contribution in [2.24, 2.45) is 0 Å². The summed E-state index contributed by atoms with van der Waals surface area (Å²) in [5.74, 6) is -1.54. The molecule has 0 unspecified atom stereocenters. The fourth-order valence-electron chi connectivity index (χ4n) is 2.11. The van der Waals surface area contributed by atoms with E-state index in [-0.39, 0.29) is 18.0 Å². The van der Waals surface area contributed by atoms with Crippen LogP contribution in [0.2, 0.25) is 0 Å². The summed E-state index contributed by atoms with van der Waals surface area (Å²) in [7, 11) is 1.57. The first-order valence-corrected chi connectivity index (χ1v) is 7.69. The molecule has 2 rings (SSSR count). The Hall–Kier alpha value is -3.03. The highest BCUT2D eigenvalue weighted by atomic mass is 19.4. The molecule has 0 fully saturated rings. The van der Waals surface area contributed by atoms with Crippen LogP contribution in [0.5, 0.6) is 5.75 Å². The summed E-state index contributed by atoms with van der Waals surface area (Å²) in [5, 5.41) is 4.38. The van der Waals surface area contributed by atoms with Crippen molar-refractivity contribution in [2.45, 2.75) is 19.0 Å². The molecule has 0 radical (unpaired) electrons. The number of alkyl halides is 3. The van der Waals surface area contributed by atoms with Gasteiger partial charge < -0.3 is 15.4 Å². The average Bonchev–Trinajstić information content (AvgIpc) is 2.61. The number of benzene rings is 2. The van der Waals surface area contributed by atoms with Gasteiger partial charge in [-0.15, -0.1) is 0 Å². The van der Waals surface area contributed by atoms with Gasteiger partial charge in [0.1, 0.15) is 5.75 Å². The van der Waals surface area contributed by atoms with Crippen LogP contribution in [0.4, 0.5) is 24.5 Å². The fourth-order valence-corrected chi connectivity index (χ4v) is 2.11. The maximum Gasteiger partial charge on any atom is 0.471 e. The zero-order valence-electron chi connectivity index (χ0n) is 13.9. The van der Waals surface area contributed by atoms with Crippen molar-refractivity contribution in [3.63, 3.8) is 0 Å². The van der Waals surface area contributed by atoms with E-state index in [1.807, 2.05) is 12.1 Å². The van der Waals surface area contributed by atoms with Gasteiger partial charge in [0, 0.05) is 17.8 Å². The molecule has 5 nitrogen and oxygen atoms in total. The monoisotopic (exact) mass is 366 g/mol. The number of aryl methyl sites for hydroxylation is 1. The first kappa shape index (κ1) is 19.3. The lowest BCUT2D eigenvalue weighted by Crippen LogP contribution is -2.29. The second kappa shape index (κ2) is 8.37. The predicted molar refractivity (Wildman–Crippen MR) is 91.1 cm³/mol. The molecule has 0 aliphatic rings. The molecule has 2 aromatic carbocycles. The number of carbonyl (C=O) groups is 2. The molecule has 8 heteroatoms. The number of hydrogen-bond donors (Lipinski definition) is 2. The van der Waals surface area contributed by atoms with E-state index in [4.69, 9.17) is 4.74 Å². The zero-order chi connectivity index (χ0) is 19.2. The SMILES string of the molecule is COc1ccc(CCC(=O)Nc2ccc(NC(=O)C(F)(F)F)cc2)cc1. The second-order valence-electron chi connectivity index (χ2n) is 5.43. The van der Waals surface area contributed by atoms with Crippen LogP contribution in [0.25, 0.3) is 0 Å². The number of anilines is 2. The van der Waals surface area contributed by atoms with Gasteiger partial charge in [-0.3, -0.25) is 9.59 Å². The number of rotatable bonds is 6. The molecular formula is C18H17F3N2O3. The van der Waals surface area contributed by atoms with Gasteiger partial charge in [0.15, 0.2) is 0 Å². The first-order chi connectivity index (χ1) is 12.3. The van der Waals surface area contributed by atoms with E-state index in [1.54, 1.807) is 24.6 Å². The third-order valence-electron chi connectivity index (χ3n) is 3.48. The Morgan fingerprint density at radius 1 is 0.923 bits per heavy atom. The number of hydrogen-bond acceptors (Lipinski definition) is 3. The van der Waals surface area contributed by atoms with Crippen LogP contribution in [0.15, 0.2) is 48.5 Å². The zero-order valence-corrected chi connectivity index (χ0v) is 13.9. The lowest BCUT2D eigenvalue weighted by Gasteiger charge is -2.09. The molecule has 0 bridgehead atoms. The minimum atomic E-state index is -4.95. The molecule has 0 aliphatic carbocycles. The Morgan fingerprint density at radius 2 is 1.46 bits per heavy atom. The van der Waals surface area contributed by atoms with Crippen LogP contribution >= 0.6 is 0 Å². The van der Waals surface area contributed by atoms with E-state index >= 15 is 0 Å². The van der Waals surface area contributed by atoms with Gasteiger partial charge >= 0.3 is 12.1 Å². The van der Waals surface area contributed by atoms with Crippen LogP contribution in [-0.2, 0) is 16.0 Å². The van der Waals surface area contributed by atoms with Gasteiger partial charge in [-0.25, -0.2) is 0 Å². The summed E-state index contributed by atoms with van der Waals surface area (Å²) in [6.45, 7) is 0. The van der Waals surface area contributed by atoms with Crippen molar-refractivity contribution in [1.29, 1.82) is 0 Å². The van der Waals surface area contributed by atoms with E-state index in [9.17, 15) is 22.8 Å². The van der Waals surface area contributed by atoms with E-state index in [2.05, 4.69) is 5.32 Å². The van der Waals surface area contributed by atoms with Gasteiger partial charge in [-0.05, 0) is 48.4 Å². The van der Waals surface area contributed by atoms with Gasteiger partial charge in [0.25, 0.3) is 0 Å². The molecule has 0 atom stereocenters. The molecule has 138 valence electrons. The van der Waals surface area contributed by atoms with E-state index in [0.717, 1.165) is 11.3 Å². The summed E-state index contributed by atoms with van der Waals surface area (Å²) in [4.78, 5) is 22.8. The highest BCUT2D eigenvalue weighted by molar-refractivity contribution is 5.95. The normalized spacial score (nSPS) is 10.9. The molecule has 0 aromatic heterocycles. The van der Waals surface area contributed by atoms with Crippen molar-refractivity contribution < 1.29 is 27.5 Å². The Labute approximate surface area is 148 Å². The van der Waals surface area contributed by atoms with Crippen LogP contribution in [-0.4, -0.2) is 25.1 Å². The van der Waals surface area contributed by atoms with Gasteiger partial charge in [0.2, 0.25) is 5.91 Å². The summed E-state index contributed by atoms with van der Waals surface area (Å²) in [5.41, 5.74) is 1.39. The number of nitrogens with one attached hydrogen (secondary N) is 2. The standard InChI is InChI=1S/C18H17F3N2O3/c1-26-15-9-2-12(3-10-15)4-11-16(24)22-13-5-7-14(8-6-13)23-17(25)18(19,20)21/h2-3,5-10H,4,11H2,1H3,(H,22,24)(H,23,25). The van der Waals surface area contributed by atoms with Gasteiger partial charge in [-0.2, -0.15) is 13.2 Å². The maximum atomic E-state index is 12.2. The fraction of sp³-hybridized carbons (Fsp3) is 0.222. The lowest BCUT2D eigenvalue weighted by molar-refractivity contribution is -0.167. The molecule has 2 aromatic rings. The average molecular weight is 366 g/mol. The Kier molecular flexibility index (Phi) is 6.21. The van der Waals surface area contributed by atoms with Crippen molar-refractivity contribution >= 4 is 23.2 Å². The summed E-state index contributed by atoms with van der Waals surface area (Å²) < 4.78 is 41.6. The summed E-state index contributed by atoms with van der Waals surface area (Å²) in [6.07, 6.45) is -4.16. The van der Waals surface area contributed by atoms with Crippen molar-refractivity contribution in [1.82, 2.24) is 0 Å². The molecular weight excluding hydrogens is 349 g/mol. The van der Waals surface area contributed by atoms with Gasteiger partial charge in [0.05, 0.1) is 7.11 Å². The largest absolute Gasteiger partial charge is 0.497 e. The highest BCUT2D eigenvalue weighted by Crippen LogP contribution is 2.20. The third kappa shape index (κ3) is 5.80. The molecule has 0 aliphatic heterocycles. The number of methoxy groups -OCH3 is 1. The number of carbonyl (C=O) groups excluding carboxylic acids is 2. The maximum absolute atomic E-state index is 12.2. The van der Waals surface area contributed by atoms with Crippen molar-refractivity contribution in [2.75, 3.05) is 17.7 Å². The topological polar surface area (TPSA) is 67.4 Å². The molecule has 0 heterocycles. The molecule has 0 spiro atoms. The Bertz CT molecular complexity index is 757. The number of amides is 2. The van der Waals surface area contributed by atoms with Crippen LogP contribution < -0.4 is 15.4 Å². The molecule has 2 N–H and O–H groups in total. The van der Waals surface area contributed by atoms with Crippen LogP contribution in [0.1, 0.15) is 12.0 Å². The van der Waals surface area contributed by atoms with Crippen LogP contribution in [0, 0.1) is 0 Å². The van der Waals surface area contributed by atoms with Crippen molar-refractivity contribution in [3.8, 4) is 5.75 Å². The number of ether oxygens (including phenoxy) is 1. The summed E-state index contributed by atoms with van der Waals surface area (Å²) >= 11 is 0. The highest BCUT2D eigenvalue weighted by Gasteiger charge is 2.38. The molecule has 26 heavy (non-hydrogen) atoms. The van der Waals surface area contributed by atoms with E-state index in [1.165, 1.54) is 24.3 Å². The molecule has 2 amide bonds. The number of halogens is 3. The van der Waals surface area contributed by atoms with Gasteiger partial charge in [-0.1, -0.05) is 12.1 Å². The Morgan fingerprint density at radius 3 is 1.96 bits per heavy atom. The smallest absolute Gasteiger partial charge is 0.471 e. The van der Waals surface area contributed by atoms with Crippen LogP contribution in [0.3, 0.4) is 0 Å². The van der Waals surface area contributed by atoms with Crippen molar-refractivity contribution in [3.05, 3.63) is 54.1 Å². The Balaban J connectivity index is 1.84. The minimum absolute atomic E-state index is 0.0106. The first-order valence-electron chi connectivity index (χ1n) is 7.69. The quantitative estimate of drug-likeness (QED) is 0.818. The predicted octanol–water partition coefficient (Wildman–Crippen LogP) is 3.77. The molecule has 0 saturated carbocycles. The second-order valence-corrected chi connectivity index (χ2v) is 5.43. The van der Waals surface area contributed by atoms with E-state index in [0.29, 0.717) is 12.1 Å². The summed E-state index contributed by atoms with van der Waals surface area (Å²) in [6, 6.07) is 12.7. The third-order valence-corrected chi connectivity index (χ3v) is 3.48. The minimum Gasteiger partial charge on any atom is -0.497 e.